The van der Waals surface area contributed by atoms with E-state index in [1.165, 1.54) is 83.5 Å². The topological polar surface area (TPSA) is 109 Å². The number of unbranched alkanes of at least 4 members (excludes halogenated alkanes) is 13. The molecule has 0 heterocycles. The van der Waals surface area contributed by atoms with Gasteiger partial charge in [-0.15, -0.1) is 0 Å². The molecule has 0 fully saturated rings. The van der Waals surface area contributed by atoms with Crippen LogP contribution < -0.4 is 4.74 Å². The van der Waals surface area contributed by atoms with Crippen molar-refractivity contribution < 1.29 is 74.1 Å². The zero-order valence-corrected chi connectivity index (χ0v) is 34.2. The Morgan fingerprint density at radius 1 is 0.333 bits per heavy atom. The average molecular weight is 833 g/mol. The summed E-state index contributed by atoms with van der Waals surface area (Å²) in [5.41, 5.74) is 0. The fraction of sp³-hybridized carbons (Fsp3) is 0.829. The first-order valence-electron chi connectivity index (χ1n) is 20.8. The highest BCUT2D eigenvalue weighted by Crippen LogP contribution is 2.29. The molecule has 0 N–H and O–H groups in total. The summed E-state index contributed by atoms with van der Waals surface area (Å²) in [4.78, 5) is 11.7. The number of halogens is 5. The highest BCUT2D eigenvalue weighted by atomic mass is 19.2. The largest absolute Gasteiger partial charge is 0.420 e. The molecule has 0 aliphatic heterocycles. The van der Waals surface area contributed by atoms with Crippen molar-refractivity contribution in [3.63, 3.8) is 0 Å². The smallest absolute Gasteiger partial charge is 0.313 e. The van der Waals surface area contributed by atoms with Crippen LogP contribution in [0.1, 0.15) is 103 Å². The van der Waals surface area contributed by atoms with Crippen molar-refractivity contribution in [2.24, 2.45) is 0 Å². The lowest BCUT2D eigenvalue weighted by Crippen LogP contribution is -2.16. The number of hydrogen-bond donors (Lipinski definition) is 0. The molecule has 0 spiro atoms. The van der Waals surface area contributed by atoms with Gasteiger partial charge in [-0.3, -0.25) is 4.79 Å². The van der Waals surface area contributed by atoms with Crippen LogP contribution in [0.3, 0.4) is 0 Å². The number of carbonyl (C=O) groups excluding carboxylic acids is 1. The first-order valence-corrected chi connectivity index (χ1v) is 20.8. The average Bonchev–Trinajstić information content (AvgIpc) is 3.21. The van der Waals surface area contributed by atoms with Gasteiger partial charge in [0, 0.05) is 6.61 Å². The van der Waals surface area contributed by atoms with Gasteiger partial charge in [0.25, 0.3) is 0 Å². The van der Waals surface area contributed by atoms with E-state index in [1.54, 1.807) is 0 Å². The minimum absolute atomic E-state index is 0.0867. The van der Waals surface area contributed by atoms with Crippen molar-refractivity contribution in [2.45, 2.75) is 103 Å². The van der Waals surface area contributed by atoms with Gasteiger partial charge in [0.1, 0.15) is 0 Å². The molecule has 1 rings (SSSR count). The molecule has 0 aliphatic carbocycles. The number of benzene rings is 1. The summed E-state index contributed by atoms with van der Waals surface area (Å²) in [5, 5.41) is 0. The van der Waals surface area contributed by atoms with Crippen molar-refractivity contribution in [1.82, 2.24) is 0 Å². The van der Waals surface area contributed by atoms with Gasteiger partial charge < -0.3 is 47.4 Å². The molecule has 0 amide bonds. The maximum Gasteiger partial charge on any atom is 0.313 e. The highest BCUT2D eigenvalue weighted by molar-refractivity contribution is 5.72. The third kappa shape index (κ3) is 30.7. The highest BCUT2D eigenvalue weighted by Gasteiger charge is 2.28. The Morgan fingerprint density at radius 2 is 0.579 bits per heavy atom. The lowest BCUT2D eigenvalue weighted by atomic mass is 10.0. The third-order valence-corrected chi connectivity index (χ3v) is 8.45. The summed E-state index contributed by atoms with van der Waals surface area (Å²) in [7, 11) is 0. The van der Waals surface area contributed by atoms with Gasteiger partial charge in [-0.25, -0.2) is 13.2 Å². The van der Waals surface area contributed by atoms with Crippen molar-refractivity contribution in [1.29, 1.82) is 0 Å². The monoisotopic (exact) mass is 832 g/mol. The van der Waals surface area contributed by atoms with Crippen LogP contribution >= 0.6 is 0 Å². The summed E-state index contributed by atoms with van der Waals surface area (Å²) in [6.45, 7) is 9.43. The minimum atomic E-state index is -2.34. The molecule has 57 heavy (non-hydrogen) atoms. The Balaban J connectivity index is 1.70. The fourth-order valence-electron chi connectivity index (χ4n) is 5.25. The van der Waals surface area contributed by atoms with Gasteiger partial charge in [0.05, 0.1) is 119 Å². The van der Waals surface area contributed by atoms with Crippen LogP contribution in [0.25, 0.3) is 0 Å². The van der Waals surface area contributed by atoms with E-state index in [2.05, 4.69) is 11.7 Å². The van der Waals surface area contributed by atoms with Crippen molar-refractivity contribution in [3.8, 4) is 5.75 Å². The van der Waals surface area contributed by atoms with E-state index in [0.29, 0.717) is 85.9 Å². The standard InChI is InChI=1S/C41H69F5O11/c1-2-3-4-5-6-7-8-9-10-11-12-13-14-15-17-48-19-21-50-23-25-52-27-29-54-31-33-56-34-32-55-30-28-53-26-24-51-22-20-49-18-16-35(47)57-41-39(45)37(43)36(42)38(44)40(41)46/h2-34H2,1H3. The molecule has 0 unspecified atom stereocenters. The molecule has 11 nitrogen and oxygen atoms in total. The van der Waals surface area contributed by atoms with Gasteiger partial charge in [-0.1, -0.05) is 90.4 Å². The molecule has 0 aliphatic rings. The second kappa shape index (κ2) is 39.4. The molecular formula is C41H69F5O11. The van der Waals surface area contributed by atoms with E-state index >= 15 is 0 Å². The quantitative estimate of drug-likeness (QED) is 0.0158. The Hall–Kier alpha value is -2.02. The predicted molar refractivity (Wildman–Crippen MR) is 204 cm³/mol. The lowest BCUT2D eigenvalue weighted by molar-refractivity contribution is -0.136. The molecule has 0 bridgehead atoms. The molecule has 1 aromatic rings. The second-order valence-corrected chi connectivity index (χ2v) is 13.2. The number of rotatable bonds is 43. The minimum Gasteiger partial charge on any atom is -0.420 e. The molecule has 0 aromatic heterocycles. The lowest BCUT2D eigenvalue weighted by Gasteiger charge is -2.09. The molecule has 0 saturated carbocycles. The first-order chi connectivity index (χ1) is 27.9. The van der Waals surface area contributed by atoms with Crippen LogP contribution in [0.5, 0.6) is 5.75 Å². The van der Waals surface area contributed by atoms with Gasteiger partial charge in [-0.05, 0) is 6.42 Å². The molecule has 16 heteroatoms. The van der Waals surface area contributed by atoms with E-state index in [4.69, 9.17) is 42.6 Å². The Bertz CT molecular complexity index is 1060. The Kier molecular flexibility index (Phi) is 36.7. The van der Waals surface area contributed by atoms with E-state index in [1.807, 2.05) is 0 Å². The van der Waals surface area contributed by atoms with Gasteiger partial charge in [0.15, 0.2) is 0 Å². The predicted octanol–water partition coefficient (Wildman–Crippen LogP) is 8.31. The molecule has 0 radical (unpaired) electrons. The Labute approximate surface area is 336 Å². The summed E-state index contributed by atoms with van der Waals surface area (Å²) in [6, 6.07) is 0. The normalized spacial score (nSPS) is 11.5. The molecule has 1 aromatic carbocycles. The molecule has 0 saturated heterocycles. The molecular weight excluding hydrogens is 763 g/mol. The van der Waals surface area contributed by atoms with Crippen molar-refractivity contribution in [2.75, 3.05) is 119 Å². The fourth-order valence-corrected chi connectivity index (χ4v) is 5.25. The number of esters is 1. The number of ether oxygens (including phenoxy) is 10. The summed E-state index contributed by atoms with van der Waals surface area (Å²) in [5.74, 6) is -14.1. The third-order valence-electron chi connectivity index (χ3n) is 8.45. The Morgan fingerprint density at radius 3 is 0.895 bits per heavy atom. The second-order valence-electron chi connectivity index (χ2n) is 13.2. The zero-order chi connectivity index (χ0) is 41.4. The van der Waals surface area contributed by atoms with E-state index in [-0.39, 0.29) is 26.4 Å². The van der Waals surface area contributed by atoms with Crippen molar-refractivity contribution >= 4 is 5.97 Å². The summed E-state index contributed by atoms with van der Waals surface area (Å²) < 4.78 is 120. The van der Waals surface area contributed by atoms with Crippen LogP contribution in [0.2, 0.25) is 0 Å². The SMILES string of the molecule is CCCCCCCCCCCCCCCCOCCOCCOCCOCCOCCOCCOCCOCCOCCC(=O)Oc1c(F)c(F)c(F)c(F)c1F. The van der Waals surface area contributed by atoms with Crippen LogP contribution in [0.15, 0.2) is 0 Å². The van der Waals surface area contributed by atoms with Gasteiger partial charge >= 0.3 is 5.97 Å². The maximum absolute atomic E-state index is 13.6. The van der Waals surface area contributed by atoms with Crippen LogP contribution in [-0.2, 0) is 47.4 Å². The summed E-state index contributed by atoms with van der Waals surface area (Å²) in [6.07, 6.45) is 18.5. The maximum atomic E-state index is 13.6. The van der Waals surface area contributed by atoms with E-state index in [0.717, 1.165) is 13.0 Å². The van der Waals surface area contributed by atoms with Gasteiger partial charge in [0.2, 0.25) is 34.8 Å². The van der Waals surface area contributed by atoms with Crippen LogP contribution in [-0.4, -0.2) is 125 Å². The molecule has 0 atom stereocenters. The van der Waals surface area contributed by atoms with Crippen LogP contribution in [0.4, 0.5) is 22.0 Å². The number of hydrogen-bond acceptors (Lipinski definition) is 11. The molecule has 334 valence electrons. The van der Waals surface area contributed by atoms with Crippen molar-refractivity contribution in [3.05, 3.63) is 29.1 Å². The number of carbonyl (C=O) groups is 1. The van der Waals surface area contributed by atoms with Crippen LogP contribution in [0, 0.1) is 29.1 Å². The van der Waals surface area contributed by atoms with E-state index in [9.17, 15) is 26.7 Å². The van der Waals surface area contributed by atoms with E-state index < -0.39 is 47.2 Å². The summed E-state index contributed by atoms with van der Waals surface area (Å²) >= 11 is 0. The van der Waals surface area contributed by atoms with Gasteiger partial charge in [-0.2, -0.15) is 8.78 Å². The zero-order valence-electron chi connectivity index (χ0n) is 34.2. The first kappa shape index (κ1) is 53.0.